The highest BCUT2D eigenvalue weighted by Gasteiger charge is 2.18. The summed E-state index contributed by atoms with van der Waals surface area (Å²) in [5, 5.41) is 2.65. The number of carbonyl (C=O) groups is 1. The minimum Gasteiger partial charge on any atom is -0.444 e. The molecule has 0 aliphatic heterocycles. The van der Waals surface area contributed by atoms with Crippen LogP contribution < -0.4 is 5.32 Å². The second-order valence-electron chi connectivity index (χ2n) is 4.04. The second-order valence-corrected chi connectivity index (χ2v) is 6.13. The molecule has 1 rings (SSSR count). The van der Waals surface area contributed by atoms with Gasteiger partial charge in [-0.05, 0) is 55.2 Å². The quantitative estimate of drug-likeness (QED) is 0.861. The van der Waals surface area contributed by atoms with Gasteiger partial charge in [-0.1, -0.05) is 0 Å². The maximum absolute atomic E-state index is 11.5. The summed E-state index contributed by atoms with van der Waals surface area (Å²) in [5.74, 6) is 0. The van der Waals surface area contributed by atoms with Gasteiger partial charge >= 0.3 is 6.09 Å². The molecule has 0 spiro atoms. The molecule has 0 saturated carbocycles. The zero-order valence-corrected chi connectivity index (χ0v) is 11.5. The summed E-state index contributed by atoms with van der Waals surface area (Å²) in [6.45, 7) is 7.29. The first-order valence-electron chi connectivity index (χ1n) is 4.41. The number of amides is 1. The molecule has 1 aromatic heterocycles. The molecule has 0 aliphatic carbocycles. The molecule has 0 saturated heterocycles. The number of aryl methyl sites for hydroxylation is 1. The lowest BCUT2D eigenvalue weighted by atomic mass is 10.2. The van der Waals surface area contributed by atoms with Crippen molar-refractivity contribution in [2.24, 2.45) is 0 Å². The van der Waals surface area contributed by atoms with E-state index in [0.29, 0.717) is 5.69 Å². The number of ether oxygens (including phenoxy) is 1. The Hall–Kier alpha value is -0.620. The van der Waals surface area contributed by atoms with E-state index in [1.54, 1.807) is 0 Å². The zero-order chi connectivity index (χ0) is 11.6. The Morgan fingerprint density at radius 3 is 2.53 bits per heavy atom. The van der Waals surface area contributed by atoms with Crippen molar-refractivity contribution >= 4 is 39.2 Å². The molecule has 0 aliphatic rings. The molecule has 0 radical (unpaired) electrons. The van der Waals surface area contributed by atoms with Crippen LogP contribution in [0.2, 0.25) is 0 Å². The van der Waals surface area contributed by atoms with Gasteiger partial charge in [-0.3, -0.25) is 5.32 Å². The molecule has 15 heavy (non-hydrogen) atoms. The van der Waals surface area contributed by atoms with Crippen LogP contribution in [0.25, 0.3) is 0 Å². The summed E-state index contributed by atoms with van der Waals surface area (Å²) in [6.07, 6.45) is -0.466. The van der Waals surface area contributed by atoms with Crippen LogP contribution >= 0.6 is 27.5 Å². The molecule has 0 atom stereocenters. The lowest BCUT2D eigenvalue weighted by molar-refractivity contribution is 0.0635. The highest BCUT2D eigenvalue weighted by Crippen LogP contribution is 2.30. The standard InChI is InChI=1S/C9H13BrN2O2S/c1-5-6(7(10)15-12-5)11-8(13)14-9(2,3)4/h1-4H3,(H,11,13). The molecule has 1 N–H and O–H groups in total. The fraction of sp³-hybridized carbons (Fsp3) is 0.556. The molecular formula is C9H13BrN2O2S. The van der Waals surface area contributed by atoms with Gasteiger partial charge < -0.3 is 4.74 Å². The largest absolute Gasteiger partial charge is 0.444 e. The summed E-state index contributed by atoms with van der Waals surface area (Å²) in [4.78, 5) is 11.5. The lowest BCUT2D eigenvalue weighted by Crippen LogP contribution is -2.27. The number of carbonyl (C=O) groups excluding carboxylic acids is 1. The number of anilines is 1. The van der Waals surface area contributed by atoms with Crippen molar-refractivity contribution in [2.45, 2.75) is 33.3 Å². The smallest absolute Gasteiger partial charge is 0.412 e. The van der Waals surface area contributed by atoms with Crippen molar-refractivity contribution in [1.82, 2.24) is 4.37 Å². The van der Waals surface area contributed by atoms with Gasteiger partial charge in [0.15, 0.2) is 0 Å². The van der Waals surface area contributed by atoms with E-state index in [-0.39, 0.29) is 0 Å². The fourth-order valence-corrected chi connectivity index (χ4v) is 2.09. The van der Waals surface area contributed by atoms with Gasteiger partial charge in [0.05, 0.1) is 11.4 Å². The summed E-state index contributed by atoms with van der Waals surface area (Å²) in [5.41, 5.74) is 0.959. The highest BCUT2D eigenvalue weighted by molar-refractivity contribution is 9.11. The first-order valence-corrected chi connectivity index (χ1v) is 5.98. The molecule has 1 amide bonds. The van der Waals surface area contributed by atoms with Crippen molar-refractivity contribution in [3.05, 3.63) is 9.48 Å². The van der Waals surface area contributed by atoms with E-state index in [1.807, 2.05) is 27.7 Å². The number of halogens is 1. The van der Waals surface area contributed by atoms with Crippen molar-refractivity contribution < 1.29 is 9.53 Å². The fourth-order valence-electron chi connectivity index (χ4n) is 0.887. The first kappa shape index (κ1) is 12.4. The number of hydrogen-bond acceptors (Lipinski definition) is 4. The minimum atomic E-state index is -0.492. The first-order chi connectivity index (χ1) is 6.79. The molecule has 0 unspecified atom stereocenters. The van der Waals surface area contributed by atoms with Crippen LogP contribution in [0, 0.1) is 6.92 Å². The Bertz CT molecular complexity index is 351. The molecule has 6 heteroatoms. The predicted molar refractivity (Wildman–Crippen MR) is 64.4 cm³/mol. The van der Waals surface area contributed by atoms with Gasteiger partial charge in [-0.25, -0.2) is 4.79 Å². The normalized spacial score (nSPS) is 11.3. The van der Waals surface area contributed by atoms with Crippen LogP contribution in [-0.2, 0) is 4.74 Å². The lowest BCUT2D eigenvalue weighted by Gasteiger charge is -2.19. The number of aromatic nitrogens is 1. The topological polar surface area (TPSA) is 51.2 Å². The predicted octanol–water partition coefficient (Wildman–Crippen LogP) is 3.56. The Balaban J connectivity index is 2.67. The Labute approximate surface area is 101 Å². The van der Waals surface area contributed by atoms with Crippen LogP contribution in [0.3, 0.4) is 0 Å². The van der Waals surface area contributed by atoms with E-state index in [0.717, 1.165) is 9.48 Å². The van der Waals surface area contributed by atoms with Crippen LogP contribution in [0.4, 0.5) is 10.5 Å². The van der Waals surface area contributed by atoms with E-state index < -0.39 is 11.7 Å². The molecule has 1 heterocycles. The SMILES string of the molecule is Cc1nsc(Br)c1NC(=O)OC(C)(C)C. The van der Waals surface area contributed by atoms with Gasteiger partial charge in [-0.2, -0.15) is 4.37 Å². The molecule has 0 fully saturated rings. The van der Waals surface area contributed by atoms with Gasteiger partial charge in [0.25, 0.3) is 0 Å². The van der Waals surface area contributed by atoms with Crippen LogP contribution in [-0.4, -0.2) is 16.1 Å². The average Bonchev–Trinajstić information content (AvgIpc) is 2.32. The van der Waals surface area contributed by atoms with E-state index in [9.17, 15) is 4.79 Å². The Morgan fingerprint density at radius 2 is 2.13 bits per heavy atom. The van der Waals surface area contributed by atoms with E-state index in [4.69, 9.17) is 4.74 Å². The Morgan fingerprint density at radius 1 is 1.53 bits per heavy atom. The number of nitrogens with one attached hydrogen (secondary N) is 1. The third-order valence-electron chi connectivity index (χ3n) is 1.45. The van der Waals surface area contributed by atoms with E-state index in [2.05, 4.69) is 25.6 Å². The van der Waals surface area contributed by atoms with Crippen LogP contribution in [0.1, 0.15) is 26.5 Å². The summed E-state index contributed by atoms with van der Waals surface area (Å²) in [6, 6.07) is 0. The van der Waals surface area contributed by atoms with Crippen molar-refractivity contribution in [3.8, 4) is 0 Å². The number of hydrogen-bond donors (Lipinski definition) is 1. The van der Waals surface area contributed by atoms with Crippen molar-refractivity contribution in [2.75, 3.05) is 5.32 Å². The number of nitrogens with zero attached hydrogens (tertiary/aromatic N) is 1. The maximum atomic E-state index is 11.5. The molecule has 1 aromatic rings. The summed E-state index contributed by atoms with van der Waals surface area (Å²) >= 11 is 4.60. The van der Waals surface area contributed by atoms with Gasteiger partial charge in [-0.15, -0.1) is 0 Å². The molecular weight excluding hydrogens is 280 g/mol. The molecule has 0 aromatic carbocycles. The van der Waals surface area contributed by atoms with Gasteiger partial charge in [0, 0.05) is 0 Å². The highest BCUT2D eigenvalue weighted by atomic mass is 79.9. The van der Waals surface area contributed by atoms with Crippen molar-refractivity contribution in [3.63, 3.8) is 0 Å². The molecule has 4 nitrogen and oxygen atoms in total. The van der Waals surface area contributed by atoms with E-state index >= 15 is 0 Å². The van der Waals surface area contributed by atoms with E-state index in [1.165, 1.54) is 11.5 Å². The minimum absolute atomic E-state index is 0.466. The van der Waals surface area contributed by atoms with Crippen LogP contribution in [0.5, 0.6) is 0 Å². The molecule has 0 bridgehead atoms. The van der Waals surface area contributed by atoms with Crippen molar-refractivity contribution in [1.29, 1.82) is 0 Å². The van der Waals surface area contributed by atoms with Gasteiger partial charge in [0.1, 0.15) is 9.39 Å². The van der Waals surface area contributed by atoms with Crippen LogP contribution in [0.15, 0.2) is 3.79 Å². The van der Waals surface area contributed by atoms with Gasteiger partial charge in [0.2, 0.25) is 0 Å². The zero-order valence-electron chi connectivity index (χ0n) is 9.05. The molecule has 84 valence electrons. The third kappa shape index (κ3) is 3.79. The average molecular weight is 293 g/mol. The summed E-state index contributed by atoms with van der Waals surface area (Å²) in [7, 11) is 0. The Kier molecular flexibility index (Phi) is 3.72. The maximum Gasteiger partial charge on any atom is 0.412 e. The summed E-state index contributed by atoms with van der Waals surface area (Å²) < 4.78 is 10.0. The second kappa shape index (κ2) is 4.49. The third-order valence-corrected chi connectivity index (χ3v) is 3.01. The monoisotopic (exact) mass is 292 g/mol. The number of rotatable bonds is 1.